The standard InChI is InChI=1S/C19H23ClN4O/c1-15(16-5-4-6-17(20)13-16)22-19(25)14-23-9-11-24(12-10-23)18-7-2-3-8-21-18/h2-8,13,15H,9-12,14H2,1H3,(H,22,25)/p+2/t15-/m1/s1. The molecule has 25 heavy (non-hydrogen) atoms. The second kappa shape index (κ2) is 8.32. The van der Waals surface area contributed by atoms with Crippen LogP contribution in [0.15, 0.2) is 48.7 Å². The molecule has 132 valence electrons. The van der Waals surface area contributed by atoms with Crippen LogP contribution in [0, 0.1) is 0 Å². The van der Waals surface area contributed by atoms with Crippen molar-refractivity contribution in [1.29, 1.82) is 0 Å². The maximum Gasteiger partial charge on any atom is 0.275 e. The third kappa shape index (κ3) is 4.94. The summed E-state index contributed by atoms with van der Waals surface area (Å²) in [7, 11) is 0. The van der Waals surface area contributed by atoms with Crippen molar-refractivity contribution in [3.05, 3.63) is 59.2 Å². The van der Waals surface area contributed by atoms with Crippen LogP contribution in [-0.2, 0) is 4.79 Å². The Balaban J connectivity index is 1.46. The molecule has 1 amide bonds. The minimum atomic E-state index is -0.0363. The van der Waals surface area contributed by atoms with Gasteiger partial charge in [0.05, 0.1) is 12.2 Å². The molecular weight excluding hydrogens is 336 g/mol. The predicted octanol–water partition coefficient (Wildman–Crippen LogP) is 0.736. The van der Waals surface area contributed by atoms with Crippen LogP contribution < -0.4 is 20.1 Å². The highest BCUT2D eigenvalue weighted by molar-refractivity contribution is 6.30. The second-order valence-electron chi connectivity index (χ2n) is 6.51. The van der Waals surface area contributed by atoms with E-state index in [-0.39, 0.29) is 11.9 Å². The number of anilines is 1. The highest BCUT2D eigenvalue weighted by Gasteiger charge is 2.27. The van der Waals surface area contributed by atoms with E-state index in [1.54, 1.807) is 0 Å². The number of aromatic amines is 1. The third-order valence-electron chi connectivity index (χ3n) is 4.64. The first-order chi connectivity index (χ1) is 12.1. The summed E-state index contributed by atoms with van der Waals surface area (Å²) < 4.78 is 0. The van der Waals surface area contributed by atoms with Gasteiger partial charge in [-0.1, -0.05) is 29.8 Å². The molecule has 1 aliphatic rings. The average molecular weight is 361 g/mol. The van der Waals surface area contributed by atoms with E-state index in [9.17, 15) is 4.79 Å². The fraction of sp³-hybridized carbons (Fsp3) is 0.368. The van der Waals surface area contributed by atoms with Crippen molar-refractivity contribution < 1.29 is 14.7 Å². The van der Waals surface area contributed by atoms with Crippen LogP contribution >= 0.6 is 11.6 Å². The van der Waals surface area contributed by atoms with E-state index in [0.29, 0.717) is 11.6 Å². The van der Waals surface area contributed by atoms with Crippen molar-refractivity contribution in [2.75, 3.05) is 37.6 Å². The lowest BCUT2D eigenvalue weighted by Crippen LogP contribution is -3.16. The minimum Gasteiger partial charge on any atom is -0.345 e. The van der Waals surface area contributed by atoms with Gasteiger partial charge in [-0.05, 0) is 30.7 Å². The Kier molecular flexibility index (Phi) is 5.89. The zero-order chi connectivity index (χ0) is 17.6. The monoisotopic (exact) mass is 360 g/mol. The van der Waals surface area contributed by atoms with Gasteiger partial charge in [-0.15, -0.1) is 0 Å². The normalized spacial score (nSPS) is 16.5. The molecule has 1 atom stereocenters. The van der Waals surface area contributed by atoms with Gasteiger partial charge in [-0.25, -0.2) is 4.98 Å². The number of aromatic nitrogens is 1. The number of hydrogen-bond donors (Lipinski definition) is 2. The minimum absolute atomic E-state index is 0.0363. The van der Waals surface area contributed by atoms with Gasteiger partial charge in [0.2, 0.25) is 0 Å². The average Bonchev–Trinajstić information content (AvgIpc) is 2.63. The highest BCUT2D eigenvalue weighted by Crippen LogP contribution is 2.17. The van der Waals surface area contributed by atoms with Gasteiger partial charge < -0.3 is 10.2 Å². The second-order valence-corrected chi connectivity index (χ2v) is 6.94. The summed E-state index contributed by atoms with van der Waals surface area (Å²) in [5.74, 6) is 1.22. The van der Waals surface area contributed by atoms with Crippen molar-refractivity contribution in [2.24, 2.45) is 0 Å². The molecule has 6 heteroatoms. The van der Waals surface area contributed by atoms with Crippen molar-refractivity contribution in [1.82, 2.24) is 5.32 Å². The van der Waals surface area contributed by atoms with E-state index in [4.69, 9.17) is 11.6 Å². The predicted molar refractivity (Wildman–Crippen MR) is 98.8 cm³/mol. The smallest absolute Gasteiger partial charge is 0.275 e. The number of nitrogens with one attached hydrogen (secondary N) is 3. The van der Waals surface area contributed by atoms with Crippen LogP contribution in [0.5, 0.6) is 0 Å². The number of benzene rings is 1. The largest absolute Gasteiger partial charge is 0.345 e. The number of quaternary nitrogens is 1. The van der Waals surface area contributed by atoms with E-state index in [1.165, 1.54) is 4.90 Å². The lowest BCUT2D eigenvalue weighted by molar-refractivity contribution is -0.892. The van der Waals surface area contributed by atoms with Gasteiger partial charge in [0.25, 0.3) is 11.7 Å². The van der Waals surface area contributed by atoms with Crippen LogP contribution in [0.25, 0.3) is 0 Å². The molecule has 1 fully saturated rings. The lowest BCUT2D eigenvalue weighted by atomic mass is 10.1. The van der Waals surface area contributed by atoms with Gasteiger partial charge in [0.1, 0.15) is 26.2 Å². The summed E-state index contributed by atoms with van der Waals surface area (Å²) in [4.78, 5) is 19.3. The van der Waals surface area contributed by atoms with E-state index in [0.717, 1.165) is 37.6 Å². The third-order valence-corrected chi connectivity index (χ3v) is 4.88. The first kappa shape index (κ1) is 17.7. The lowest BCUT2D eigenvalue weighted by Gasteiger charge is -2.28. The molecule has 2 aromatic rings. The van der Waals surface area contributed by atoms with Crippen LogP contribution in [0.2, 0.25) is 5.02 Å². The van der Waals surface area contributed by atoms with Gasteiger partial charge in [-0.2, -0.15) is 0 Å². The van der Waals surface area contributed by atoms with Crippen molar-refractivity contribution in [3.63, 3.8) is 0 Å². The van der Waals surface area contributed by atoms with Crippen LogP contribution in [0.1, 0.15) is 18.5 Å². The van der Waals surface area contributed by atoms with E-state index < -0.39 is 0 Å². The van der Waals surface area contributed by atoms with Gasteiger partial charge >= 0.3 is 0 Å². The molecule has 3 rings (SSSR count). The molecular formula is C19H25ClN4O+2. The van der Waals surface area contributed by atoms with Crippen molar-refractivity contribution in [2.45, 2.75) is 13.0 Å². The molecule has 0 radical (unpaired) electrons. The molecule has 0 saturated carbocycles. The quantitative estimate of drug-likeness (QED) is 0.826. The fourth-order valence-corrected chi connectivity index (χ4v) is 3.40. The maximum absolute atomic E-state index is 12.3. The summed E-state index contributed by atoms with van der Waals surface area (Å²) in [6, 6.07) is 13.7. The van der Waals surface area contributed by atoms with E-state index in [2.05, 4.69) is 21.3 Å². The van der Waals surface area contributed by atoms with Gasteiger partial charge in [-0.3, -0.25) is 9.69 Å². The summed E-state index contributed by atoms with van der Waals surface area (Å²) in [5, 5.41) is 3.77. The van der Waals surface area contributed by atoms with Crippen molar-refractivity contribution >= 4 is 23.3 Å². The van der Waals surface area contributed by atoms with Gasteiger partial charge in [0, 0.05) is 11.1 Å². The molecule has 1 aromatic heterocycles. The Morgan fingerprint density at radius 3 is 2.76 bits per heavy atom. The molecule has 1 aromatic carbocycles. The summed E-state index contributed by atoms with van der Waals surface area (Å²) in [6.07, 6.45) is 1.94. The fourth-order valence-electron chi connectivity index (χ4n) is 3.20. The topological polar surface area (TPSA) is 50.9 Å². The first-order valence-electron chi connectivity index (χ1n) is 8.72. The SMILES string of the molecule is C[C@@H](NC(=O)C[NH+]1CCN(c2cccc[nH+]2)CC1)c1cccc(Cl)c1. The Hall–Kier alpha value is -2.11. The van der Waals surface area contributed by atoms with Crippen LogP contribution in [0.3, 0.4) is 0 Å². The van der Waals surface area contributed by atoms with E-state index >= 15 is 0 Å². The Morgan fingerprint density at radius 1 is 1.28 bits per heavy atom. The molecule has 1 aliphatic heterocycles. The Bertz CT molecular complexity index is 702. The molecule has 3 N–H and O–H groups in total. The molecule has 1 saturated heterocycles. The van der Waals surface area contributed by atoms with Crippen LogP contribution in [0.4, 0.5) is 5.82 Å². The van der Waals surface area contributed by atoms with Gasteiger partial charge in [0.15, 0.2) is 6.54 Å². The molecule has 0 aliphatic carbocycles. The number of halogens is 1. The molecule has 0 unspecified atom stereocenters. The number of amides is 1. The number of piperazine rings is 1. The molecule has 5 nitrogen and oxygen atoms in total. The number of rotatable bonds is 5. The zero-order valence-electron chi connectivity index (χ0n) is 14.5. The summed E-state index contributed by atoms with van der Waals surface area (Å²) >= 11 is 6.02. The number of pyridine rings is 1. The number of nitrogens with zero attached hydrogens (tertiary/aromatic N) is 1. The Morgan fingerprint density at radius 2 is 2.08 bits per heavy atom. The van der Waals surface area contributed by atoms with E-state index in [1.807, 2.05) is 49.5 Å². The number of H-pyrrole nitrogens is 1. The molecule has 0 bridgehead atoms. The Labute approximate surface area is 153 Å². The summed E-state index contributed by atoms with van der Waals surface area (Å²) in [5.41, 5.74) is 1.03. The van der Waals surface area contributed by atoms with Crippen LogP contribution in [-0.4, -0.2) is 38.6 Å². The number of hydrogen-bond acceptors (Lipinski definition) is 2. The molecule has 0 spiro atoms. The highest BCUT2D eigenvalue weighted by atomic mass is 35.5. The first-order valence-corrected chi connectivity index (χ1v) is 9.09. The number of carbonyl (C=O) groups excluding carboxylic acids is 1. The van der Waals surface area contributed by atoms with Crippen molar-refractivity contribution in [3.8, 4) is 0 Å². The summed E-state index contributed by atoms with van der Waals surface area (Å²) in [6.45, 7) is 6.32. The zero-order valence-corrected chi connectivity index (χ0v) is 15.2. The maximum atomic E-state index is 12.3. The molecule has 2 heterocycles. The number of carbonyl (C=O) groups is 1.